The Hall–Kier alpha value is -2.87. The third kappa shape index (κ3) is 4.16. The van der Waals surface area contributed by atoms with Crippen molar-refractivity contribution in [2.24, 2.45) is 7.05 Å². The first-order valence-electron chi connectivity index (χ1n) is 7.90. The SMILES string of the molecule is Cn1cc(C(=O)N[C@@H]2COCC[C@H]2Oc2ccc(C(=O)O)cc2)cn1. The predicted molar refractivity (Wildman–Crippen MR) is 87.7 cm³/mol. The molecule has 1 saturated heterocycles. The highest BCUT2D eigenvalue weighted by atomic mass is 16.5. The largest absolute Gasteiger partial charge is 0.488 e. The Morgan fingerprint density at radius 3 is 2.72 bits per heavy atom. The van der Waals surface area contributed by atoms with E-state index in [1.807, 2.05) is 0 Å². The summed E-state index contributed by atoms with van der Waals surface area (Å²) in [5.74, 6) is -0.671. The summed E-state index contributed by atoms with van der Waals surface area (Å²) in [5, 5.41) is 15.8. The van der Waals surface area contributed by atoms with Gasteiger partial charge in [-0.3, -0.25) is 9.48 Å². The normalized spacial score (nSPS) is 20.0. The molecule has 0 bridgehead atoms. The number of benzene rings is 1. The van der Waals surface area contributed by atoms with Gasteiger partial charge in [0.25, 0.3) is 5.91 Å². The minimum absolute atomic E-state index is 0.195. The summed E-state index contributed by atoms with van der Waals surface area (Å²) in [6.07, 6.45) is 3.50. The van der Waals surface area contributed by atoms with E-state index in [9.17, 15) is 9.59 Å². The van der Waals surface area contributed by atoms with Gasteiger partial charge >= 0.3 is 5.97 Å². The molecule has 2 N–H and O–H groups in total. The van der Waals surface area contributed by atoms with Crippen LogP contribution in [0.4, 0.5) is 0 Å². The van der Waals surface area contributed by atoms with E-state index in [0.29, 0.717) is 30.9 Å². The zero-order valence-electron chi connectivity index (χ0n) is 13.7. The first-order valence-corrected chi connectivity index (χ1v) is 7.90. The van der Waals surface area contributed by atoms with Crippen LogP contribution in [0, 0.1) is 0 Å². The van der Waals surface area contributed by atoms with E-state index in [0.717, 1.165) is 0 Å². The molecule has 0 spiro atoms. The smallest absolute Gasteiger partial charge is 0.335 e. The highest BCUT2D eigenvalue weighted by molar-refractivity contribution is 5.93. The number of hydrogen-bond donors (Lipinski definition) is 2. The first kappa shape index (κ1) is 17.0. The third-order valence-electron chi connectivity index (χ3n) is 3.97. The quantitative estimate of drug-likeness (QED) is 0.841. The van der Waals surface area contributed by atoms with Crippen molar-refractivity contribution in [2.45, 2.75) is 18.6 Å². The molecule has 1 aliphatic rings. The summed E-state index contributed by atoms with van der Waals surface area (Å²) in [5.41, 5.74) is 0.665. The van der Waals surface area contributed by atoms with Crippen molar-refractivity contribution in [3.8, 4) is 5.75 Å². The van der Waals surface area contributed by atoms with Crippen LogP contribution in [0.15, 0.2) is 36.7 Å². The number of nitrogens with zero attached hydrogens (tertiary/aromatic N) is 2. The molecule has 132 valence electrons. The Kier molecular flexibility index (Phi) is 4.99. The van der Waals surface area contributed by atoms with Crippen LogP contribution in [0.3, 0.4) is 0 Å². The van der Waals surface area contributed by atoms with Crippen molar-refractivity contribution < 1.29 is 24.2 Å². The maximum atomic E-state index is 12.3. The number of nitrogens with one attached hydrogen (secondary N) is 1. The lowest BCUT2D eigenvalue weighted by Gasteiger charge is -2.32. The van der Waals surface area contributed by atoms with Crippen molar-refractivity contribution in [3.05, 3.63) is 47.8 Å². The standard InChI is InChI=1S/C17H19N3O5/c1-20-9-12(8-18-20)16(21)19-14-10-24-7-6-15(14)25-13-4-2-11(3-5-13)17(22)23/h2-5,8-9,14-15H,6-7,10H2,1H3,(H,19,21)(H,22,23)/t14-,15-/m1/s1. The van der Waals surface area contributed by atoms with Crippen LogP contribution < -0.4 is 10.1 Å². The molecular weight excluding hydrogens is 326 g/mol. The Balaban J connectivity index is 1.66. The number of hydrogen-bond acceptors (Lipinski definition) is 5. The number of carboxylic acids is 1. The van der Waals surface area contributed by atoms with Gasteiger partial charge in [0, 0.05) is 19.7 Å². The number of carbonyl (C=O) groups is 2. The second-order valence-electron chi connectivity index (χ2n) is 5.83. The monoisotopic (exact) mass is 345 g/mol. The number of amides is 1. The molecule has 2 heterocycles. The van der Waals surface area contributed by atoms with Gasteiger partial charge in [0.15, 0.2) is 0 Å². The van der Waals surface area contributed by atoms with Crippen LogP contribution >= 0.6 is 0 Å². The number of ether oxygens (including phenoxy) is 2. The lowest BCUT2D eigenvalue weighted by molar-refractivity contribution is -0.00288. The molecule has 8 heteroatoms. The van der Waals surface area contributed by atoms with Gasteiger partial charge in [-0.1, -0.05) is 0 Å². The number of aromatic carboxylic acids is 1. The summed E-state index contributed by atoms with van der Waals surface area (Å²) in [4.78, 5) is 23.2. The zero-order chi connectivity index (χ0) is 17.8. The lowest BCUT2D eigenvalue weighted by Crippen LogP contribution is -2.51. The number of carboxylic acid groups (broad SMARTS) is 1. The average Bonchev–Trinajstić information content (AvgIpc) is 3.04. The lowest BCUT2D eigenvalue weighted by atomic mass is 10.1. The summed E-state index contributed by atoms with van der Waals surface area (Å²) in [6.45, 7) is 0.890. The van der Waals surface area contributed by atoms with E-state index in [1.54, 1.807) is 30.1 Å². The Morgan fingerprint density at radius 2 is 2.08 bits per heavy atom. The Morgan fingerprint density at radius 1 is 1.32 bits per heavy atom. The van der Waals surface area contributed by atoms with Gasteiger partial charge in [-0.25, -0.2) is 4.79 Å². The molecule has 1 aromatic heterocycles. The first-order chi connectivity index (χ1) is 12.0. The van der Waals surface area contributed by atoms with Gasteiger partial charge in [0.2, 0.25) is 0 Å². The van der Waals surface area contributed by atoms with Crippen molar-refractivity contribution in [1.82, 2.24) is 15.1 Å². The molecule has 1 fully saturated rings. The Labute approximate surface area is 144 Å². The highest BCUT2D eigenvalue weighted by Gasteiger charge is 2.29. The van der Waals surface area contributed by atoms with Gasteiger partial charge in [0.1, 0.15) is 11.9 Å². The molecule has 0 unspecified atom stereocenters. The number of aryl methyl sites for hydroxylation is 1. The molecule has 8 nitrogen and oxygen atoms in total. The number of carbonyl (C=O) groups excluding carboxylic acids is 1. The van der Waals surface area contributed by atoms with Crippen LogP contribution in [-0.4, -0.2) is 52.1 Å². The number of rotatable bonds is 5. The number of aromatic nitrogens is 2. The summed E-state index contributed by atoms with van der Waals surface area (Å²) < 4.78 is 12.9. The molecule has 0 aliphatic carbocycles. The molecule has 1 amide bonds. The van der Waals surface area contributed by atoms with Gasteiger partial charge in [-0.05, 0) is 24.3 Å². The minimum Gasteiger partial charge on any atom is -0.488 e. The van der Waals surface area contributed by atoms with E-state index >= 15 is 0 Å². The second kappa shape index (κ2) is 7.35. The average molecular weight is 345 g/mol. The second-order valence-corrected chi connectivity index (χ2v) is 5.83. The van der Waals surface area contributed by atoms with E-state index < -0.39 is 5.97 Å². The molecule has 1 aromatic carbocycles. The molecule has 2 atom stereocenters. The van der Waals surface area contributed by atoms with Crippen molar-refractivity contribution in [2.75, 3.05) is 13.2 Å². The molecule has 0 radical (unpaired) electrons. The van der Waals surface area contributed by atoms with Gasteiger partial charge in [0.05, 0.1) is 36.6 Å². The summed E-state index contributed by atoms with van der Waals surface area (Å²) in [7, 11) is 1.74. The van der Waals surface area contributed by atoms with Crippen LogP contribution in [0.2, 0.25) is 0 Å². The molecule has 3 rings (SSSR count). The highest BCUT2D eigenvalue weighted by Crippen LogP contribution is 2.19. The van der Waals surface area contributed by atoms with Crippen LogP contribution in [0.5, 0.6) is 5.75 Å². The molecule has 25 heavy (non-hydrogen) atoms. The third-order valence-corrected chi connectivity index (χ3v) is 3.97. The van der Waals surface area contributed by atoms with Crippen LogP contribution in [-0.2, 0) is 11.8 Å². The predicted octanol–water partition coefficient (Wildman–Crippen LogP) is 1.08. The maximum Gasteiger partial charge on any atom is 0.335 e. The van der Waals surface area contributed by atoms with E-state index in [-0.39, 0.29) is 23.6 Å². The van der Waals surface area contributed by atoms with Gasteiger partial charge in [-0.2, -0.15) is 5.10 Å². The minimum atomic E-state index is -0.987. The topological polar surface area (TPSA) is 103 Å². The van der Waals surface area contributed by atoms with Crippen LogP contribution in [0.1, 0.15) is 27.1 Å². The molecule has 1 aliphatic heterocycles. The summed E-state index contributed by atoms with van der Waals surface area (Å²) >= 11 is 0. The van der Waals surface area contributed by atoms with E-state index in [2.05, 4.69) is 10.4 Å². The fourth-order valence-corrected chi connectivity index (χ4v) is 2.64. The van der Waals surface area contributed by atoms with E-state index in [4.69, 9.17) is 14.6 Å². The zero-order valence-corrected chi connectivity index (χ0v) is 13.7. The summed E-state index contributed by atoms with van der Waals surface area (Å²) in [6, 6.07) is 5.89. The Bertz CT molecular complexity index is 756. The van der Waals surface area contributed by atoms with Crippen LogP contribution in [0.25, 0.3) is 0 Å². The van der Waals surface area contributed by atoms with Crippen molar-refractivity contribution >= 4 is 11.9 Å². The fraction of sp³-hybridized carbons (Fsp3) is 0.353. The maximum absolute atomic E-state index is 12.3. The van der Waals surface area contributed by atoms with Gasteiger partial charge in [-0.15, -0.1) is 0 Å². The molecular formula is C17H19N3O5. The van der Waals surface area contributed by atoms with E-state index in [1.165, 1.54) is 18.3 Å². The van der Waals surface area contributed by atoms with Crippen molar-refractivity contribution in [3.63, 3.8) is 0 Å². The fourth-order valence-electron chi connectivity index (χ4n) is 2.64. The molecule has 0 saturated carbocycles. The van der Waals surface area contributed by atoms with Crippen molar-refractivity contribution in [1.29, 1.82) is 0 Å². The van der Waals surface area contributed by atoms with Gasteiger partial charge < -0.3 is 19.9 Å². The molecule has 2 aromatic rings.